The van der Waals surface area contributed by atoms with Crippen LogP contribution in [-0.4, -0.2) is 11.6 Å². The van der Waals surface area contributed by atoms with E-state index < -0.39 is 0 Å². The van der Waals surface area contributed by atoms with E-state index in [4.69, 9.17) is 0 Å². The molecule has 16 heavy (non-hydrogen) atoms. The lowest BCUT2D eigenvalue weighted by Crippen LogP contribution is -2.32. The predicted octanol–water partition coefficient (Wildman–Crippen LogP) is 2.30. The molecular formula is C14H16O2. The highest BCUT2D eigenvalue weighted by atomic mass is 16.1. The summed E-state index contributed by atoms with van der Waals surface area (Å²) in [6.45, 7) is 0. The normalized spacial score (nSPS) is 41.8. The van der Waals surface area contributed by atoms with Gasteiger partial charge < -0.3 is 0 Å². The van der Waals surface area contributed by atoms with E-state index in [-0.39, 0.29) is 0 Å². The molecule has 4 aliphatic carbocycles. The number of carbonyl (C=O) groups excluding carboxylic acids is 2. The molecular weight excluding hydrogens is 200 g/mol. The molecule has 2 nitrogen and oxygen atoms in total. The summed E-state index contributed by atoms with van der Waals surface area (Å²) in [5.74, 6) is 3.03. The molecule has 2 saturated carbocycles. The number of hydrogen-bond acceptors (Lipinski definition) is 2. The van der Waals surface area contributed by atoms with Crippen LogP contribution in [0.3, 0.4) is 0 Å². The monoisotopic (exact) mass is 216 g/mol. The number of Topliss-reactive ketones (excluding diaryl/α,β-unsaturated/α-hetero) is 2. The van der Waals surface area contributed by atoms with Gasteiger partial charge in [-0.3, -0.25) is 9.59 Å². The van der Waals surface area contributed by atoms with Crippen molar-refractivity contribution in [1.29, 1.82) is 0 Å². The van der Waals surface area contributed by atoms with Gasteiger partial charge in [0.15, 0.2) is 0 Å². The highest BCUT2D eigenvalue weighted by molar-refractivity contribution is 5.89. The Morgan fingerprint density at radius 3 is 2.25 bits per heavy atom. The van der Waals surface area contributed by atoms with Crippen LogP contribution in [0.4, 0.5) is 0 Å². The van der Waals surface area contributed by atoms with E-state index >= 15 is 0 Å². The maximum Gasteiger partial charge on any atom is 0.140 e. The Hall–Kier alpha value is -1.18. The lowest BCUT2D eigenvalue weighted by atomic mass is 9.75. The Morgan fingerprint density at radius 1 is 0.938 bits per heavy atom. The molecule has 4 unspecified atom stereocenters. The summed E-state index contributed by atoms with van der Waals surface area (Å²) in [6.07, 6.45) is 12.3. The lowest BCUT2D eigenvalue weighted by Gasteiger charge is -2.27. The van der Waals surface area contributed by atoms with Crippen LogP contribution in [-0.2, 0) is 9.59 Å². The summed E-state index contributed by atoms with van der Waals surface area (Å²) in [5, 5.41) is 0. The van der Waals surface area contributed by atoms with Crippen LogP contribution in [0, 0.1) is 23.7 Å². The standard InChI is InChI=1S/2C7H8O/c2*8-7-4-5-2-1-3-6(5)7/h1,3,5-6H,2,4H2;1-2,5-6H,3-4H2. The first-order valence-corrected chi connectivity index (χ1v) is 6.14. The molecule has 4 atom stereocenters. The highest BCUT2D eigenvalue weighted by Gasteiger charge is 2.39. The molecule has 0 saturated heterocycles. The van der Waals surface area contributed by atoms with E-state index in [1.807, 2.05) is 0 Å². The Balaban J connectivity index is 0.000000101. The summed E-state index contributed by atoms with van der Waals surface area (Å²) >= 11 is 0. The minimum absolute atomic E-state index is 0.343. The maximum atomic E-state index is 10.7. The zero-order chi connectivity index (χ0) is 11.1. The second-order valence-electron chi connectivity index (χ2n) is 5.22. The topological polar surface area (TPSA) is 34.1 Å². The first kappa shape index (κ1) is 10.0. The van der Waals surface area contributed by atoms with Crippen molar-refractivity contribution in [2.75, 3.05) is 0 Å². The Kier molecular flexibility index (Phi) is 2.31. The molecule has 0 aromatic heterocycles. The molecule has 2 fully saturated rings. The summed E-state index contributed by atoms with van der Waals surface area (Å²) < 4.78 is 0. The van der Waals surface area contributed by atoms with Crippen LogP contribution in [0.15, 0.2) is 24.3 Å². The van der Waals surface area contributed by atoms with Gasteiger partial charge in [-0.2, -0.15) is 0 Å². The number of rotatable bonds is 0. The van der Waals surface area contributed by atoms with Gasteiger partial charge in [-0.05, 0) is 24.7 Å². The molecule has 0 amide bonds. The number of allylic oxidation sites excluding steroid dienone is 4. The van der Waals surface area contributed by atoms with Gasteiger partial charge in [0.1, 0.15) is 11.6 Å². The van der Waals surface area contributed by atoms with Crippen molar-refractivity contribution in [1.82, 2.24) is 0 Å². The van der Waals surface area contributed by atoms with Crippen molar-refractivity contribution >= 4 is 11.6 Å². The fourth-order valence-electron chi connectivity index (χ4n) is 3.03. The van der Waals surface area contributed by atoms with E-state index in [1.165, 1.54) is 0 Å². The van der Waals surface area contributed by atoms with Crippen LogP contribution in [0.2, 0.25) is 0 Å². The molecule has 0 aliphatic heterocycles. The number of fused-ring (bicyclic) bond motifs is 2. The highest BCUT2D eigenvalue weighted by Crippen LogP contribution is 2.39. The molecule has 0 spiro atoms. The first-order chi connectivity index (χ1) is 7.75. The molecule has 0 radical (unpaired) electrons. The second-order valence-corrected chi connectivity index (χ2v) is 5.22. The smallest absolute Gasteiger partial charge is 0.140 e. The van der Waals surface area contributed by atoms with Crippen LogP contribution in [0.25, 0.3) is 0 Å². The Labute approximate surface area is 95.4 Å². The van der Waals surface area contributed by atoms with Gasteiger partial charge in [-0.25, -0.2) is 0 Å². The summed E-state index contributed by atoms with van der Waals surface area (Å²) in [7, 11) is 0. The third-order valence-corrected chi connectivity index (χ3v) is 4.27. The molecule has 0 aromatic rings. The molecule has 2 heteroatoms. The largest absolute Gasteiger partial charge is 0.299 e. The SMILES string of the molecule is O=C1CC2C=CCC12.O=C1CC2CC=CC12. The van der Waals surface area contributed by atoms with Crippen molar-refractivity contribution in [3.63, 3.8) is 0 Å². The first-order valence-electron chi connectivity index (χ1n) is 6.14. The molecule has 0 N–H and O–H groups in total. The number of hydrogen-bond donors (Lipinski definition) is 0. The van der Waals surface area contributed by atoms with Gasteiger partial charge in [0, 0.05) is 24.7 Å². The van der Waals surface area contributed by atoms with Gasteiger partial charge >= 0.3 is 0 Å². The fraction of sp³-hybridized carbons (Fsp3) is 0.571. The third-order valence-electron chi connectivity index (χ3n) is 4.27. The molecule has 4 rings (SSSR count). The average Bonchev–Trinajstić information content (AvgIpc) is 2.81. The lowest BCUT2D eigenvalue weighted by molar-refractivity contribution is -0.131. The van der Waals surface area contributed by atoms with Gasteiger partial charge in [0.2, 0.25) is 0 Å². The summed E-state index contributed by atoms with van der Waals surface area (Å²) in [5.41, 5.74) is 0. The van der Waals surface area contributed by atoms with Crippen molar-refractivity contribution in [2.45, 2.75) is 25.7 Å². The molecule has 0 heterocycles. The van der Waals surface area contributed by atoms with Crippen LogP contribution in [0.5, 0.6) is 0 Å². The van der Waals surface area contributed by atoms with Crippen molar-refractivity contribution in [2.24, 2.45) is 23.7 Å². The average molecular weight is 216 g/mol. The van der Waals surface area contributed by atoms with Gasteiger partial charge in [-0.1, -0.05) is 24.3 Å². The van der Waals surface area contributed by atoms with E-state index in [0.29, 0.717) is 35.2 Å². The minimum atomic E-state index is 0.343. The van der Waals surface area contributed by atoms with E-state index in [2.05, 4.69) is 24.3 Å². The molecule has 0 aromatic carbocycles. The van der Waals surface area contributed by atoms with Crippen LogP contribution >= 0.6 is 0 Å². The van der Waals surface area contributed by atoms with Crippen molar-refractivity contribution in [3.8, 4) is 0 Å². The predicted molar refractivity (Wildman–Crippen MR) is 60.7 cm³/mol. The maximum absolute atomic E-state index is 10.7. The van der Waals surface area contributed by atoms with Gasteiger partial charge in [0.25, 0.3) is 0 Å². The van der Waals surface area contributed by atoms with Crippen LogP contribution in [0.1, 0.15) is 25.7 Å². The number of ketones is 2. The number of carbonyl (C=O) groups is 2. The van der Waals surface area contributed by atoms with Gasteiger partial charge in [0.05, 0.1) is 0 Å². The zero-order valence-electron chi connectivity index (χ0n) is 9.26. The zero-order valence-corrected chi connectivity index (χ0v) is 9.26. The van der Waals surface area contributed by atoms with E-state index in [1.54, 1.807) is 0 Å². The van der Waals surface area contributed by atoms with Crippen LogP contribution < -0.4 is 0 Å². The van der Waals surface area contributed by atoms with E-state index in [9.17, 15) is 9.59 Å². The minimum Gasteiger partial charge on any atom is -0.299 e. The van der Waals surface area contributed by atoms with E-state index in [0.717, 1.165) is 25.7 Å². The fourth-order valence-corrected chi connectivity index (χ4v) is 3.03. The summed E-state index contributed by atoms with van der Waals surface area (Å²) in [4.78, 5) is 21.3. The third kappa shape index (κ3) is 1.48. The summed E-state index contributed by atoms with van der Waals surface area (Å²) in [6, 6.07) is 0. The van der Waals surface area contributed by atoms with Crippen molar-refractivity contribution < 1.29 is 9.59 Å². The second kappa shape index (κ2) is 3.69. The Bertz CT molecular complexity index is 392. The van der Waals surface area contributed by atoms with Crippen molar-refractivity contribution in [3.05, 3.63) is 24.3 Å². The van der Waals surface area contributed by atoms with Gasteiger partial charge in [-0.15, -0.1) is 0 Å². The molecule has 0 bridgehead atoms. The molecule has 4 aliphatic rings. The Morgan fingerprint density at radius 2 is 1.75 bits per heavy atom. The quantitative estimate of drug-likeness (QED) is 0.582. The molecule has 84 valence electrons.